The number of halogens is 1. The molecule has 0 aliphatic carbocycles. The largest absolute Gasteiger partial charge is 0.385 e. The number of nitrogens with two attached hydrogens (primary N) is 1. The molecule has 0 aromatic heterocycles. The molecule has 0 saturated heterocycles. The molecule has 3 nitrogen and oxygen atoms in total. The van der Waals surface area contributed by atoms with Gasteiger partial charge in [0.25, 0.3) is 0 Å². The van der Waals surface area contributed by atoms with E-state index in [1.807, 2.05) is 0 Å². The van der Waals surface area contributed by atoms with Crippen LogP contribution < -0.4 is 11.3 Å². The van der Waals surface area contributed by atoms with Crippen LogP contribution in [0.5, 0.6) is 0 Å². The monoisotopic (exact) mass is 322 g/mol. The predicted molar refractivity (Wildman–Crippen MR) is 82.8 cm³/mol. The molecule has 0 amide bonds. The fraction of sp³-hybridized carbons (Fsp3) is 0.333. The third-order valence-electron chi connectivity index (χ3n) is 3.27. The Morgan fingerprint density at radius 1 is 1.21 bits per heavy atom. The maximum atomic E-state index is 5.66. The highest BCUT2D eigenvalue weighted by Gasteiger charge is 2.09. The molecule has 0 aliphatic heterocycles. The molecular formula is C15H19BrN2O. The van der Waals surface area contributed by atoms with Crippen molar-refractivity contribution in [3.63, 3.8) is 0 Å². The fourth-order valence-corrected chi connectivity index (χ4v) is 2.61. The van der Waals surface area contributed by atoms with Crippen molar-refractivity contribution in [2.45, 2.75) is 18.9 Å². The van der Waals surface area contributed by atoms with E-state index in [-0.39, 0.29) is 6.04 Å². The van der Waals surface area contributed by atoms with Crippen LogP contribution in [0.1, 0.15) is 24.4 Å². The summed E-state index contributed by atoms with van der Waals surface area (Å²) in [5, 5.41) is 2.46. The van der Waals surface area contributed by atoms with E-state index in [1.165, 1.54) is 16.3 Å². The summed E-state index contributed by atoms with van der Waals surface area (Å²) < 4.78 is 6.18. The fourth-order valence-electron chi connectivity index (χ4n) is 2.23. The molecule has 0 saturated carbocycles. The van der Waals surface area contributed by atoms with Crippen molar-refractivity contribution < 1.29 is 4.74 Å². The molecule has 2 aromatic carbocycles. The molecule has 3 N–H and O–H groups in total. The molecule has 0 aliphatic rings. The molecule has 2 rings (SSSR count). The molecule has 0 fully saturated rings. The number of hydrogen-bond acceptors (Lipinski definition) is 3. The summed E-state index contributed by atoms with van der Waals surface area (Å²) in [4.78, 5) is 0. The number of rotatable bonds is 6. The number of fused-ring (bicyclic) bond motifs is 1. The van der Waals surface area contributed by atoms with Crippen LogP contribution >= 0.6 is 15.9 Å². The smallest absolute Gasteiger partial charge is 0.0462 e. The standard InChI is InChI=1S/C15H19BrN2O/c1-19-8-2-3-15(18-17)13-5-4-12-10-14(16)7-6-11(12)9-13/h4-7,9-10,15,18H,2-3,8,17H2,1H3. The van der Waals surface area contributed by atoms with E-state index in [0.717, 1.165) is 23.9 Å². The molecule has 0 radical (unpaired) electrons. The number of nitrogens with one attached hydrogen (secondary N) is 1. The Balaban J connectivity index is 2.20. The molecule has 4 heteroatoms. The molecule has 1 atom stereocenters. The Morgan fingerprint density at radius 2 is 1.95 bits per heavy atom. The summed E-state index contributed by atoms with van der Waals surface area (Å²) >= 11 is 3.49. The zero-order valence-electron chi connectivity index (χ0n) is 11.0. The molecule has 102 valence electrons. The van der Waals surface area contributed by atoms with Crippen LogP contribution in [0.2, 0.25) is 0 Å². The van der Waals surface area contributed by atoms with E-state index in [2.05, 4.69) is 57.8 Å². The Hall–Kier alpha value is -0.940. The summed E-state index contributed by atoms with van der Waals surface area (Å²) in [5.74, 6) is 5.66. The van der Waals surface area contributed by atoms with Crippen molar-refractivity contribution in [3.8, 4) is 0 Å². The molecular weight excluding hydrogens is 304 g/mol. The van der Waals surface area contributed by atoms with Crippen molar-refractivity contribution in [2.24, 2.45) is 5.84 Å². The van der Waals surface area contributed by atoms with Gasteiger partial charge in [-0.1, -0.05) is 34.1 Å². The van der Waals surface area contributed by atoms with Crippen molar-refractivity contribution in [1.29, 1.82) is 0 Å². The molecule has 1 unspecified atom stereocenters. The zero-order valence-corrected chi connectivity index (χ0v) is 12.6. The van der Waals surface area contributed by atoms with Crippen LogP contribution in [0.3, 0.4) is 0 Å². The van der Waals surface area contributed by atoms with E-state index in [4.69, 9.17) is 10.6 Å². The first-order chi connectivity index (χ1) is 9.24. The third kappa shape index (κ3) is 3.76. The van der Waals surface area contributed by atoms with Crippen molar-refractivity contribution in [2.75, 3.05) is 13.7 Å². The topological polar surface area (TPSA) is 47.3 Å². The highest BCUT2D eigenvalue weighted by Crippen LogP contribution is 2.25. The summed E-state index contributed by atoms with van der Waals surface area (Å²) in [6.07, 6.45) is 1.95. The summed E-state index contributed by atoms with van der Waals surface area (Å²) in [5.41, 5.74) is 4.10. The third-order valence-corrected chi connectivity index (χ3v) is 3.76. The van der Waals surface area contributed by atoms with Crippen LogP contribution in [-0.2, 0) is 4.74 Å². The normalized spacial score (nSPS) is 12.8. The summed E-state index contributed by atoms with van der Waals surface area (Å²) in [6, 6.07) is 12.9. The summed E-state index contributed by atoms with van der Waals surface area (Å²) in [6.45, 7) is 0.763. The van der Waals surface area contributed by atoms with E-state index < -0.39 is 0 Å². The van der Waals surface area contributed by atoms with Crippen LogP contribution in [-0.4, -0.2) is 13.7 Å². The molecule has 0 spiro atoms. The zero-order chi connectivity index (χ0) is 13.7. The van der Waals surface area contributed by atoms with Gasteiger partial charge in [-0.05, 0) is 47.4 Å². The second-order valence-electron chi connectivity index (χ2n) is 4.61. The lowest BCUT2D eigenvalue weighted by Crippen LogP contribution is -2.28. The second-order valence-corrected chi connectivity index (χ2v) is 5.52. The maximum Gasteiger partial charge on any atom is 0.0462 e. The molecule has 19 heavy (non-hydrogen) atoms. The lowest BCUT2D eigenvalue weighted by atomic mass is 9.99. The molecule has 0 bridgehead atoms. The Morgan fingerprint density at radius 3 is 2.68 bits per heavy atom. The lowest BCUT2D eigenvalue weighted by Gasteiger charge is -2.16. The van der Waals surface area contributed by atoms with Gasteiger partial charge < -0.3 is 4.74 Å². The lowest BCUT2D eigenvalue weighted by molar-refractivity contribution is 0.189. The Labute approximate surface area is 122 Å². The SMILES string of the molecule is COCCCC(NN)c1ccc2cc(Br)ccc2c1. The van der Waals surface area contributed by atoms with Crippen molar-refractivity contribution >= 4 is 26.7 Å². The van der Waals surface area contributed by atoms with E-state index in [1.54, 1.807) is 7.11 Å². The van der Waals surface area contributed by atoms with Crippen LogP contribution in [0.15, 0.2) is 40.9 Å². The van der Waals surface area contributed by atoms with E-state index >= 15 is 0 Å². The first kappa shape index (κ1) is 14.5. The maximum absolute atomic E-state index is 5.66. The van der Waals surface area contributed by atoms with Crippen LogP contribution in [0.4, 0.5) is 0 Å². The van der Waals surface area contributed by atoms with Gasteiger partial charge in [-0.25, -0.2) is 0 Å². The first-order valence-electron chi connectivity index (χ1n) is 6.39. The minimum Gasteiger partial charge on any atom is -0.385 e. The molecule has 2 aromatic rings. The first-order valence-corrected chi connectivity index (χ1v) is 7.18. The van der Waals surface area contributed by atoms with Crippen LogP contribution in [0, 0.1) is 0 Å². The molecule has 0 heterocycles. The quantitative estimate of drug-likeness (QED) is 0.486. The van der Waals surface area contributed by atoms with Crippen LogP contribution in [0.25, 0.3) is 10.8 Å². The predicted octanol–water partition coefficient (Wildman–Crippen LogP) is 3.53. The average molecular weight is 323 g/mol. The van der Waals surface area contributed by atoms with Gasteiger partial charge in [-0.2, -0.15) is 0 Å². The Kier molecular flexibility index (Phi) is 5.34. The second kappa shape index (κ2) is 7.01. The van der Waals surface area contributed by atoms with Crippen molar-refractivity contribution in [1.82, 2.24) is 5.43 Å². The number of hydrogen-bond donors (Lipinski definition) is 2. The minimum absolute atomic E-state index is 0.170. The van der Waals surface area contributed by atoms with E-state index in [9.17, 15) is 0 Å². The van der Waals surface area contributed by atoms with Gasteiger partial charge >= 0.3 is 0 Å². The van der Waals surface area contributed by atoms with Gasteiger partial charge in [-0.15, -0.1) is 0 Å². The van der Waals surface area contributed by atoms with Gasteiger partial charge in [0.05, 0.1) is 0 Å². The van der Waals surface area contributed by atoms with E-state index in [0.29, 0.717) is 0 Å². The van der Waals surface area contributed by atoms with Gasteiger partial charge in [0.1, 0.15) is 0 Å². The number of benzene rings is 2. The number of hydrazine groups is 1. The number of ether oxygens (including phenoxy) is 1. The highest BCUT2D eigenvalue weighted by molar-refractivity contribution is 9.10. The minimum atomic E-state index is 0.170. The van der Waals surface area contributed by atoms with Gasteiger partial charge in [0, 0.05) is 24.2 Å². The van der Waals surface area contributed by atoms with Gasteiger partial charge in [0.15, 0.2) is 0 Å². The highest BCUT2D eigenvalue weighted by atomic mass is 79.9. The Bertz CT molecular complexity index is 545. The van der Waals surface area contributed by atoms with Crippen molar-refractivity contribution in [3.05, 3.63) is 46.4 Å². The van der Waals surface area contributed by atoms with Gasteiger partial charge in [0.2, 0.25) is 0 Å². The number of methoxy groups -OCH3 is 1. The van der Waals surface area contributed by atoms with Gasteiger partial charge in [-0.3, -0.25) is 11.3 Å². The average Bonchev–Trinajstić information content (AvgIpc) is 2.43. The summed E-state index contributed by atoms with van der Waals surface area (Å²) in [7, 11) is 1.72.